The van der Waals surface area contributed by atoms with E-state index in [4.69, 9.17) is 0 Å². The lowest BCUT2D eigenvalue weighted by Crippen LogP contribution is -2.33. The van der Waals surface area contributed by atoms with E-state index in [0.717, 1.165) is 32.8 Å². The molecule has 0 aliphatic rings. The van der Waals surface area contributed by atoms with Crippen LogP contribution in [-0.4, -0.2) is 16.9 Å². The summed E-state index contributed by atoms with van der Waals surface area (Å²) in [4.78, 5) is 16.6. The summed E-state index contributed by atoms with van der Waals surface area (Å²) in [7, 11) is 0. The number of aromatic nitrogens is 1. The lowest BCUT2D eigenvalue weighted by Gasteiger charge is -2.12. The Balaban J connectivity index is 1.93. The molecule has 0 aliphatic carbocycles. The average molecular weight is 356 g/mol. The molecule has 0 saturated heterocycles. The van der Waals surface area contributed by atoms with Gasteiger partial charge in [-0.1, -0.05) is 43.0 Å². The van der Waals surface area contributed by atoms with Crippen molar-refractivity contribution in [1.29, 1.82) is 0 Å². The number of hydrogen-bond acceptors (Lipinski definition) is 2. The second-order valence-corrected chi connectivity index (χ2v) is 7.18. The van der Waals surface area contributed by atoms with E-state index in [-0.39, 0.29) is 17.8 Å². The monoisotopic (exact) mass is 356 g/mol. The van der Waals surface area contributed by atoms with Crippen LogP contribution in [0.4, 0.5) is 4.39 Å². The number of carbonyl (C=O) groups is 1. The Bertz CT molecular complexity index is 890. The minimum absolute atomic E-state index is 0.000181. The van der Waals surface area contributed by atoms with Crippen LogP contribution < -0.4 is 5.32 Å². The number of halogens is 1. The molecular formula is C20H21FN2OS. The quantitative estimate of drug-likeness (QED) is 0.659. The summed E-state index contributed by atoms with van der Waals surface area (Å²) in [5, 5.41) is 4.92. The molecule has 0 radical (unpaired) electrons. The Morgan fingerprint density at radius 3 is 2.80 bits per heavy atom. The Morgan fingerprint density at radius 2 is 2.04 bits per heavy atom. The third-order valence-corrected chi connectivity index (χ3v) is 5.19. The van der Waals surface area contributed by atoms with E-state index in [1.807, 2.05) is 44.2 Å². The highest BCUT2D eigenvalue weighted by Gasteiger charge is 2.16. The van der Waals surface area contributed by atoms with E-state index < -0.39 is 0 Å². The van der Waals surface area contributed by atoms with Gasteiger partial charge in [0.15, 0.2) is 0 Å². The van der Waals surface area contributed by atoms with Crippen molar-refractivity contribution in [3.63, 3.8) is 0 Å². The van der Waals surface area contributed by atoms with Crippen LogP contribution in [0, 0.1) is 5.82 Å². The number of fused-ring (bicyclic) bond motifs is 1. The number of benzene rings is 2. The average Bonchev–Trinajstić information content (AvgIpc) is 2.92. The molecule has 1 atom stereocenters. The van der Waals surface area contributed by atoms with E-state index in [0.29, 0.717) is 6.42 Å². The number of para-hydroxylation sites is 1. The van der Waals surface area contributed by atoms with Gasteiger partial charge in [-0.25, -0.2) is 4.39 Å². The molecule has 0 saturated carbocycles. The van der Waals surface area contributed by atoms with Crippen LogP contribution in [0.5, 0.6) is 0 Å². The molecule has 25 heavy (non-hydrogen) atoms. The molecule has 5 heteroatoms. The molecule has 2 aromatic carbocycles. The predicted molar refractivity (Wildman–Crippen MR) is 100 cm³/mol. The third-order valence-electron chi connectivity index (χ3n) is 4.15. The molecule has 3 rings (SSSR count). The number of H-pyrrole nitrogens is 1. The van der Waals surface area contributed by atoms with Gasteiger partial charge in [0.05, 0.1) is 11.4 Å². The number of carbonyl (C=O) groups excluding carboxylic acids is 1. The van der Waals surface area contributed by atoms with Crippen LogP contribution in [0.15, 0.2) is 58.5 Å². The van der Waals surface area contributed by atoms with Crippen molar-refractivity contribution in [2.24, 2.45) is 0 Å². The first-order valence-electron chi connectivity index (χ1n) is 8.39. The maximum atomic E-state index is 13.5. The van der Waals surface area contributed by atoms with E-state index >= 15 is 0 Å². The Labute approximate surface area is 151 Å². The number of aromatic amines is 1. The summed E-state index contributed by atoms with van der Waals surface area (Å²) in [5.41, 5.74) is 1.93. The Hall–Kier alpha value is -2.27. The van der Waals surface area contributed by atoms with Crippen molar-refractivity contribution in [3.05, 3.63) is 59.9 Å². The molecule has 1 aromatic heterocycles. The summed E-state index contributed by atoms with van der Waals surface area (Å²) in [6, 6.07) is 14.5. The fraction of sp³-hybridized carbons (Fsp3) is 0.250. The molecule has 130 valence electrons. The first-order valence-corrected chi connectivity index (χ1v) is 9.21. The molecule has 0 bridgehead atoms. The molecular weight excluding hydrogens is 335 g/mol. The second kappa shape index (κ2) is 7.74. The molecule has 3 nitrogen and oxygen atoms in total. The SMILES string of the molecule is CCC(C)NC(=O)Cc1c(Sc2cccc(F)c2)[nH]c2ccccc12. The van der Waals surface area contributed by atoms with E-state index in [2.05, 4.69) is 10.3 Å². The van der Waals surface area contributed by atoms with Gasteiger partial charge in [-0.2, -0.15) is 0 Å². The highest BCUT2D eigenvalue weighted by molar-refractivity contribution is 7.99. The van der Waals surface area contributed by atoms with Crippen LogP contribution in [0.3, 0.4) is 0 Å². The minimum atomic E-state index is -0.267. The molecule has 0 aliphatic heterocycles. The van der Waals surface area contributed by atoms with Crippen molar-refractivity contribution >= 4 is 28.6 Å². The van der Waals surface area contributed by atoms with Crippen LogP contribution in [0.25, 0.3) is 10.9 Å². The third kappa shape index (κ3) is 4.23. The highest BCUT2D eigenvalue weighted by atomic mass is 32.2. The van der Waals surface area contributed by atoms with Gasteiger partial charge in [0.25, 0.3) is 0 Å². The van der Waals surface area contributed by atoms with Gasteiger partial charge in [0.1, 0.15) is 5.82 Å². The van der Waals surface area contributed by atoms with Crippen LogP contribution in [0.1, 0.15) is 25.8 Å². The molecule has 1 amide bonds. The van der Waals surface area contributed by atoms with Gasteiger partial charge in [-0.3, -0.25) is 4.79 Å². The number of nitrogens with one attached hydrogen (secondary N) is 2. The van der Waals surface area contributed by atoms with E-state index in [1.165, 1.54) is 23.9 Å². The van der Waals surface area contributed by atoms with Crippen molar-refractivity contribution in [3.8, 4) is 0 Å². The number of rotatable bonds is 6. The fourth-order valence-electron chi connectivity index (χ4n) is 2.67. The second-order valence-electron chi connectivity index (χ2n) is 6.09. The number of hydrogen-bond donors (Lipinski definition) is 2. The van der Waals surface area contributed by atoms with Gasteiger partial charge in [-0.05, 0) is 37.6 Å². The van der Waals surface area contributed by atoms with Gasteiger partial charge < -0.3 is 10.3 Å². The summed E-state index contributed by atoms with van der Waals surface area (Å²) >= 11 is 1.45. The molecule has 0 spiro atoms. The van der Waals surface area contributed by atoms with Gasteiger partial charge >= 0.3 is 0 Å². The minimum Gasteiger partial charge on any atom is -0.353 e. The normalized spacial score (nSPS) is 12.3. The topological polar surface area (TPSA) is 44.9 Å². The largest absolute Gasteiger partial charge is 0.353 e. The van der Waals surface area contributed by atoms with Gasteiger partial charge in [0.2, 0.25) is 5.91 Å². The molecule has 2 N–H and O–H groups in total. The van der Waals surface area contributed by atoms with Crippen molar-refractivity contribution in [2.75, 3.05) is 0 Å². The zero-order chi connectivity index (χ0) is 17.8. The fourth-order valence-corrected chi connectivity index (χ4v) is 3.69. The van der Waals surface area contributed by atoms with Crippen LogP contribution in [0.2, 0.25) is 0 Å². The van der Waals surface area contributed by atoms with Crippen molar-refractivity contribution in [1.82, 2.24) is 10.3 Å². The van der Waals surface area contributed by atoms with Gasteiger partial charge in [0, 0.05) is 27.4 Å². The van der Waals surface area contributed by atoms with Crippen LogP contribution in [-0.2, 0) is 11.2 Å². The Kier molecular flexibility index (Phi) is 5.43. The van der Waals surface area contributed by atoms with Crippen molar-refractivity contribution < 1.29 is 9.18 Å². The summed E-state index contributed by atoms with van der Waals surface area (Å²) in [6.07, 6.45) is 1.19. The first kappa shape index (κ1) is 17.5. The summed E-state index contributed by atoms with van der Waals surface area (Å²) in [6.45, 7) is 4.04. The first-order chi connectivity index (χ1) is 12.1. The lowest BCUT2D eigenvalue weighted by atomic mass is 10.1. The maximum absolute atomic E-state index is 13.5. The molecule has 1 unspecified atom stereocenters. The Morgan fingerprint density at radius 1 is 1.24 bits per heavy atom. The molecule has 1 heterocycles. The van der Waals surface area contributed by atoms with E-state index in [1.54, 1.807) is 6.07 Å². The number of amides is 1. The zero-order valence-electron chi connectivity index (χ0n) is 14.3. The smallest absolute Gasteiger partial charge is 0.224 e. The zero-order valence-corrected chi connectivity index (χ0v) is 15.1. The maximum Gasteiger partial charge on any atom is 0.224 e. The highest BCUT2D eigenvalue weighted by Crippen LogP contribution is 2.35. The predicted octanol–water partition coefficient (Wildman–Crippen LogP) is 4.92. The molecule has 3 aromatic rings. The summed E-state index contributed by atoms with van der Waals surface area (Å²) in [5.74, 6) is -0.266. The standard InChI is InChI=1S/C20H21FN2OS/c1-3-13(2)22-19(24)12-17-16-9-4-5-10-18(16)23-20(17)25-15-8-6-7-14(21)11-15/h4-11,13,23H,3,12H2,1-2H3,(H,22,24). The summed E-state index contributed by atoms with van der Waals surface area (Å²) < 4.78 is 13.5. The lowest BCUT2D eigenvalue weighted by molar-refractivity contribution is -0.121. The molecule has 0 fully saturated rings. The van der Waals surface area contributed by atoms with Gasteiger partial charge in [-0.15, -0.1) is 0 Å². The van der Waals surface area contributed by atoms with Crippen molar-refractivity contribution in [2.45, 2.75) is 42.7 Å². The van der Waals surface area contributed by atoms with Crippen LogP contribution >= 0.6 is 11.8 Å². The van der Waals surface area contributed by atoms with E-state index in [9.17, 15) is 9.18 Å².